The number of nitrogens with one attached hydrogen (secondary N) is 1. The number of rotatable bonds is 8. The van der Waals surface area contributed by atoms with Crippen molar-refractivity contribution >= 4 is 17.7 Å². The van der Waals surface area contributed by atoms with Gasteiger partial charge in [0.1, 0.15) is 0 Å². The molecule has 0 atom stereocenters. The van der Waals surface area contributed by atoms with Crippen molar-refractivity contribution in [1.29, 1.82) is 0 Å². The third-order valence-electron chi connectivity index (χ3n) is 5.95. The average Bonchev–Trinajstić information content (AvgIpc) is 3.23. The number of aromatic nitrogens is 3. The molecule has 2 aromatic carbocycles. The van der Waals surface area contributed by atoms with E-state index < -0.39 is 0 Å². The van der Waals surface area contributed by atoms with E-state index >= 15 is 0 Å². The van der Waals surface area contributed by atoms with E-state index in [0.29, 0.717) is 5.75 Å². The van der Waals surface area contributed by atoms with Gasteiger partial charge in [0, 0.05) is 37.8 Å². The average molecular weight is 450 g/mol. The fourth-order valence-electron chi connectivity index (χ4n) is 4.18. The maximum atomic E-state index is 12.6. The molecule has 1 fully saturated rings. The number of carbonyl (C=O) groups is 1. The molecule has 0 saturated carbocycles. The van der Waals surface area contributed by atoms with Crippen molar-refractivity contribution in [2.24, 2.45) is 0 Å². The van der Waals surface area contributed by atoms with Gasteiger partial charge in [-0.15, -0.1) is 10.2 Å². The highest BCUT2D eigenvalue weighted by Crippen LogP contribution is 2.26. The largest absolute Gasteiger partial charge is 0.353 e. The van der Waals surface area contributed by atoms with Gasteiger partial charge in [-0.25, -0.2) is 0 Å². The molecule has 0 radical (unpaired) electrons. The van der Waals surface area contributed by atoms with Gasteiger partial charge in [0.15, 0.2) is 11.0 Å². The Kier molecular flexibility index (Phi) is 7.60. The molecule has 168 valence electrons. The van der Waals surface area contributed by atoms with Crippen LogP contribution in [0.15, 0.2) is 59.8 Å². The zero-order valence-electron chi connectivity index (χ0n) is 18.8. The monoisotopic (exact) mass is 449 g/mol. The van der Waals surface area contributed by atoms with Crippen LogP contribution in [0.3, 0.4) is 0 Å². The predicted molar refractivity (Wildman–Crippen MR) is 129 cm³/mol. The highest BCUT2D eigenvalue weighted by atomic mass is 32.2. The number of piperidine rings is 1. The molecule has 3 aromatic rings. The summed E-state index contributed by atoms with van der Waals surface area (Å²) in [4.78, 5) is 15.0. The maximum absolute atomic E-state index is 12.6. The molecule has 1 saturated heterocycles. The number of hydrogen-bond donors (Lipinski definition) is 1. The second kappa shape index (κ2) is 10.8. The second-order valence-corrected chi connectivity index (χ2v) is 9.20. The van der Waals surface area contributed by atoms with Gasteiger partial charge in [0.25, 0.3) is 0 Å². The minimum atomic E-state index is 0.0691. The van der Waals surface area contributed by atoms with Gasteiger partial charge in [0.2, 0.25) is 5.91 Å². The molecule has 2 heterocycles. The normalized spacial score (nSPS) is 15.1. The fraction of sp³-hybridized carbons (Fsp3) is 0.400. The van der Waals surface area contributed by atoms with E-state index in [0.717, 1.165) is 55.6 Å². The Balaban J connectivity index is 1.26. The SMILES string of the molecule is CCn1c(SCC(=O)NC2CCN(Cc3ccccc3)CC2)nnc1-c1ccccc1C. The molecule has 0 unspecified atom stereocenters. The first-order valence-corrected chi connectivity index (χ1v) is 12.3. The summed E-state index contributed by atoms with van der Waals surface area (Å²) >= 11 is 1.46. The van der Waals surface area contributed by atoms with Crippen molar-refractivity contribution < 1.29 is 4.79 Å². The Labute approximate surface area is 194 Å². The Morgan fingerprint density at radius 1 is 1.06 bits per heavy atom. The summed E-state index contributed by atoms with van der Waals surface area (Å²) in [7, 11) is 0. The summed E-state index contributed by atoms with van der Waals surface area (Å²) in [6, 6.07) is 19.0. The van der Waals surface area contributed by atoms with Crippen molar-refractivity contribution in [2.45, 2.75) is 51.0 Å². The number of likely N-dealkylation sites (tertiary alicyclic amines) is 1. The van der Waals surface area contributed by atoms with Crippen LogP contribution in [-0.4, -0.2) is 50.5 Å². The van der Waals surface area contributed by atoms with E-state index in [1.54, 1.807) is 0 Å². The Hall–Kier alpha value is -2.64. The predicted octanol–water partition coefficient (Wildman–Crippen LogP) is 4.15. The van der Waals surface area contributed by atoms with Crippen molar-refractivity contribution in [3.63, 3.8) is 0 Å². The number of nitrogens with zero attached hydrogens (tertiary/aromatic N) is 4. The zero-order chi connectivity index (χ0) is 22.3. The molecule has 1 aromatic heterocycles. The molecule has 32 heavy (non-hydrogen) atoms. The molecule has 0 spiro atoms. The molecule has 0 aliphatic carbocycles. The highest BCUT2D eigenvalue weighted by molar-refractivity contribution is 7.99. The molecule has 1 N–H and O–H groups in total. The van der Waals surface area contributed by atoms with Crippen LogP contribution in [0.5, 0.6) is 0 Å². The van der Waals surface area contributed by atoms with Crippen LogP contribution in [0.4, 0.5) is 0 Å². The second-order valence-electron chi connectivity index (χ2n) is 8.26. The number of amides is 1. The van der Waals surface area contributed by atoms with Crippen LogP contribution < -0.4 is 5.32 Å². The molecule has 7 heteroatoms. The number of carbonyl (C=O) groups excluding carboxylic acids is 1. The van der Waals surface area contributed by atoms with Crippen LogP contribution in [-0.2, 0) is 17.9 Å². The summed E-state index contributed by atoms with van der Waals surface area (Å²) < 4.78 is 2.09. The lowest BCUT2D eigenvalue weighted by Crippen LogP contribution is -2.44. The van der Waals surface area contributed by atoms with Crippen molar-refractivity contribution in [1.82, 2.24) is 25.0 Å². The lowest BCUT2D eigenvalue weighted by Gasteiger charge is -2.32. The summed E-state index contributed by atoms with van der Waals surface area (Å²) in [5, 5.41) is 12.8. The minimum Gasteiger partial charge on any atom is -0.353 e. The van der Waals surface area contributed by atoms with Crippen molar-refractivity contribution in [3.8, 4) is 11.4 Å². The van der Waals surface area contributed by atoms with Crippen molar-refractivity contribution in [2.75, 3.05) is 18.8 Å². The molecule has 1 aliphatic heterocycles. The van der Waals surface area contributed by atoms with Gasteiger partial charge in [0.05, 0.1) is 5.75 Å². The van der Waals surface area contributed by atoms with E-state index in [2.05, 4.69) is 81.3 Å². The smallest absolute Gasteiger partial charge is 0.230 e. The standard InChI is InChI=1S/C25H31N5OS/c1-3-30-24(22-12-8-7-9-19(22)2)27-28-25(30)32-18-23(31)26-21-13-15-29(16-14-21)17-20-10-5-4-6-11-20/h4-12,21H,3,13-18H2,1-2H3,(H,26,31). The number of aryl methyl sites for hydroxylation is 1. The third-order valence-corrected chi connectivity index (χ3v) is 6.92. The quantitative estimate of drug-likeness (QED) is 0.524. The molecule has 1 aliphatic rings. The van der Waals surface area contributed by atoms with E-state index in [-0.39, 0.29) is 11.9 Å². The Bertz CT molecular complexity index is 1030. The topological polar surface area (TPSA) is 63.1 Å². The molecule has 1 amide bonds. The lowest BCUT2D eigenvalue weighted by molar-refractivity contribution is -0.119. The first-order valence-electron chi connectivity index (χ1n) is 11.3. The van der Waals surface area contributed by atoms with Gasteiger partial charge >= 0.3 is 0 Å². The summed E-state index contributed by atoms with van der Waals surface area (Å²) in [6.45, 7) is 7.93. The molecular formula is C25H31N5OS. The lowest BCUT2D eigenvalue weighted by atomic mass is 10.0. The van der Waals surface area contributed by atoms with Crippen LogP contribution in [0.1, 0.15) is 30.9 Å². The van der Waals surface area contributed by atoms with E-state index in [4.69, 9.17) is 0 Å². The summed E-state index contributed by atoms with van der Waals surface area (Å²) in [6.07, 6.45) is 1.98. The molecule has 0 bridgehead atoms. The molecular weight excluding hydrogens is 418 g/mol. The number of hydrogen-bond acceptors (Lipinski definition) is 5. The van der Waals surface area contributed by atoms with Gasteiger partial charge in [-0.1, -0.05) is 66.4 Å². The zero-order valence-corrected chi connectivity index (χ0v) is 19.6. The first kappa shape index (κ1) is 22.6. The number of benzene rings is 2. The van der Waals surface area contributed by atoms with Crippen LogP contribution in [0.25, 0.3) is 11.4 Å². The van der Waals surface area contributed by atoms with Crippen LogP contribution in [0.2, 0.25) is 0 Å². The van der Waals surface area contributed by atoms with Gasteiger partial charge in [-0.05, 0) is 37.8 Å². The minimum absolute atomic E-state index is 0.0691. The Morgan fingerprint density at radius 2 is 1.78 bits per heavy atom. The van der Waals surface area contributed by atoms with Crippen molar-refractivity contribution in [3.05, 3.63) is 65.7 Å². The maximum Gasteiger partial charge on any atom is 0.230 e. The first-order chi connectivity index (χ1) is 15.6. The fourth-order valence-corrected chi connectivity index (χ4v) is 4.99. The van der Waals surface area contributed by atoms with E-state index in [1.807, 2.05) is 12.1 Å². The number of thioether (sulfide) groups is 1. The third kappa shape index (κ3) is 5.58. The van der Waals surface area contributed by atoms with Gasteiger partial charge in [-0.3, -0.25) is 9.69 Å². The van der Waals surface area contributed by atoms with Crippen LogP contribution in [0, 0.1) is 6.92 Å². The van der Waals surface area contributed by atoms with Gasteiger partial charge < -0.3 is 9.88 Å². The summed E-state index contributed by atoms with van der Waals surface area (Å²) in [5.41, 5.74) is 3.60. The summed E-state index contributed by atoms with van der Waals surface area (Å²) in [5.74, 6) is 1.29. The molecule has 4 rings (SSSR count). The van der Waals surface area contributed by atoms with Gasteiger partial charge in [-0.2, -0.15) is 0 Å². The molecule has 6 nitrogen and oxygen atoms in total. The van der Waals surface area contributed by atoms with E-state index in [1.165, 1.54) is 22.9 Å². The highest BCUT2D eigenvalue weighted by Gasteiger charge is 2.21. The van der Waals surface area contributed by atoms with E-state index in [9.17, 15) is 4.79 Å². The van der Waals surface area contributed by atoms with Crippen LogP contribution >= 0.6 is 11.8 Å². The Morgan fingerprint density at radius 3 is 2.50 bits per heavy atom.